The Kier molecular flexibility index (Phi) is 5.05. The maximum atomic E-state index is 12.1. The number of ether oxygens (including phenoxy) is 1. The lowest BCUT2D eigenvalue weighted by Crippen LogP contribution is -2.41. The molecule has 1 N–H and O–H groups in total. The quantitative estimate of drug-likeness (QED) is 0.872. The second kappa shape index (κ2) is 7.39. The van der Waals surface area contributed by atoms with Crippen LogP contribution >= 0.6 is 0 Å². The lowest BCUT2D eigenvalue weighted by atomic mass is 10.2. The van der Waals surface area contributed by atoms with Crippen molar-refractivity contribution in [3.8, 4) is 0 Å². The minimum Gasteiger partial charge on any atom is -0.375 e. The molecule has 8 nitrogen and oxygen atoms in total. The van der Waals surface area contributed by atoms with Gasteiger partial charge in [0, 0.05) is 25.8 Å². The van der Waals surface area contributed by atoms with Gasteiger partial charge in [-0.15, -0.1) is 0 Å². The van der Waals surface area contributed by atoms with Crippen LogP contribution in [0.4, 0.5) is 5.82 Å². The molecule has 2 aromatic heterocycles. The van der Waals surface area contributed by atoms with E-state index in [0.29, 0.717) is 6.54 Å². The molecule has 0 unspecified atom stereocenters. The van der Waals surface area contributed by atoms with Crippen molar-refractivity contribution in [2.75, 3.05) is 24.6 Å². The van der Waals surface area contributed by atoms with Gasteiger partial charge in [-0.05, 0) is 25.5 Å². The van der Waals surface area contributed by atoms with Gasteiger partial charge in [0.15, 0.2) is 0 Å². The molecule has 0 spiro atoms. The predicted octanol–water partition coefficient (Wildman–Crippen LogP) is 0.776. The summed E-state index contributed by atoms with van der Waals surface area (Å²) in [7, 11) is 0. The van der Waals surface area contributed by atoms with Crippen LogP contribution in [0.15, 0.2) is 31.0 Å². The highest BCUT2D eigenvalue weighted by Gasteiger charge is 2.18. The van der Waals surface area contributed by atoms with Crippen LogP contribution in [0.1, 0.15) is 25.5 Å². The Morgan fingerprint density at radius 3 is 3.04 bits per heavy atom. The summed E-state index contributed by atoms with van der Waals surface area (Å²) < 4.78 is 7.07. The fraction of sp³-hybridized carbons (Fsp3) is 0.500. The highest BCUT2D eigenvalue weighted by atomic mass is 16.5. The zero-order valence-corrected chi connectivity index (χ0v) is 13.9. The van der Waals surface area contributed by atoms with Gasteiger partial charge in [-0.2, -0.15) is 5.10 Å². The Labute approximate surface area is 140 Å². The topological polar surface area (TPSA) is 85.2 Å². The molecular formula is C16H22N6O2. The van der Waals surface area contributed by atoms with E-state index < -0.39 is 6.04 Å². The minimum atomic E-state index is -0.394. The number of hydrogen-bond donors (Lipinski definition) is 1. The van der Waals surface area contributed by atoms with Gasteiger partial charge in [0.05, 0.1) is 12.7 Å². The number of carbonyl (C=O) groups is 1. The molecule has 1 saturated heterocycles. The fourth-order valence-corrected chi connectivity index (χ4v) is 2.61. The summed E-state index contributed by atoms with van der Waals surface area (Å²) in [5.74, 6) is 0.836. The van der Waals surface area contributed by atoms with E-state index in [1.165, 1.54) is 17.3 Å². The first kappa shape index (κ1) is 16.4. The van der Waals surface area contributed by atoms with Gasteiger partial charge < -0.3 is 15.0 Å². The SMILES string of the molecule is C[C@@H]1CN(c2ccc(CNC(=O)[C@H](C)n3cncn3)cn2)CCO1. The van der Waals surface area contributed by atoms with E-state index in [1.807, 2.05) is 12.1 Å². The van der Waals surface area contributed by atoms with Crippen LogP contribution in [0.25, 0.3) is 0 Å². The lowest BCUT2D eigenvalue weighted by Gasteiger charge is -2.32. The van der Waals surface area contributed by atoms with Crippen LogP contribution in [0.5, 0.6) is 0 Å². The van der Waals surface area contributed by atoms with Crippen molar-refractivity contribution in [1.29, 1.82) is 0 Å². The average Bonchev–Trinajstić information content (AvgIpc) is 3.14. The van der Waals surface area contributed by atoms with Crippen LogP contribution in [0.3, 0.4) is 0 Å². The van der Waals surface area contributed by atoms with Crippen LogP contribution in [0.2, 0.25) is 0 Å². The molecule has 3 heterocycles. The molecule has 2 atom stereocenters. The van der Waals surface area contributed by atoms with Crippen LogP contribution in [-0.2, 0) is 16.1 Å². The van der Waals surface area contributed by atoms with Crippen molar-refractivity contribution in [1.82, 2.24) is 25.1 Å². The highest BCUT2D eigenvalue weighted by Crippen LogP contribution is 2.15. The number of nitrogens with zero attached hydrogens (tertiary/aromatic N) is 5. The largest absolute Gasteiger partial charge is 0.375 e. The first-order chi connectivity index (χ1) is 11.6. The monoisotopic (exact) mass is 330 g/mol. The summed E-state index contributed by atoms with van der Waals surface area (Å²) in [4.78, 5) is 22.7. The van der Waals surface area contributed by atoms with Crippen molar-refractivity contribution >= 4 is 11.7 Å². The molecule has 1 aliphatic rings. The molecule has 0 aliphatic carbocycles. The van der Waals surface area contributed by atoms with E-state index in [9.17, 15) is 4.79 Å². The second-order valence-electron chi connectivity index (χ2n) is 5.92. The molecule has 0 saturated carbocycles. The number of anilines is 1. The van der Waals surface area contributed by atoms with Gasteiger partial charge in [-0.1, -0.05) is 6.07 Å². The number of pyridine rings is 1. The van der Waals surface area contributed by atoms with Gasteiger partial charge in [0.25, 0.3) is 0 Å². The Morgan fingerprint density at radius 2 is 2.38 bits per heavy atom. The summed E-state index contributed by atoms with van der Waals surface area (Å²) >= 11 is 0. The number of morpholine rings is 1. The standard InChI is InChI=1S/C16H22N6O2/c1-12-9-21(5-6-24-12)15-4-3-14(7-18-15)8-19-16(23)13(2)22-11-17-10-20-22/h3-4,7,10-13H,5-6,8-9H2,1-2H3,(H,19,23)/t12-,13+/m1/s1. The molecule has 8 heteroatoms. The number of nitrogens with one attached hydrogen (secondary N) is 1. The molecule has 3 rings (SSSR count). The van der Waals surface area contributed by atoms with E-state index in [2.05, 4.69) is 32.2 Å². The molecule has 1 aliphatic heterocycles. The molecule has 0 bridgehead atoms. The van der Waals surface area contributed by atoms with Crippen LogP contribution in [0, 0.1) is 0 Å². The zero-order valence-electron chi connectivity index (χ0n) is 13.9. The normalized spacial score (nSPS) is 19.1. The number of carbonyl (C=O) groups excluding carboxylic acids is 1. The fourth-order valence-electron chi connectivity index (χ4n) is 2.61. The van der Waals surface area contributed by atoms with Crippen molar-refractivity contribution in [3.63, 3.8) is 0 Å². The Balaban J connectivity index is 1.53. The van der Waals surface area contributed by atoms with E-state index in [-0.39, 0.29) is 12.0 Å². The second-order valence-corrected chi connectivity index (χ2v) is 5.92. The summed E-state index contributed by atoms with van der Waals surface area (Å²) in [5.41, 5.74) is 0.958. The summed E-state index contributed by atoms with van der Waals surface area (Å²) in [6.45, 7) is 6.70. The zero-order chi connectivity index (χ0) is 16.9. The first-order valence-electron chi connectivity index (χ1n) is 8.07. The molecule has 128 valence electrons. The van der Waals surface area contributed by atoms with Gasteiger partial charge in [-0.25, -0.2) is 14.6 Å². The maximum absolute atomic E-state index is 12.1. The third-order valence-corrected chi connectivity index (χ3v) is 4.05. The van der Waals surface area contributed by atoms with E-state index in [4.69, 9.17) is 4.74 Å². The minimum absolute atomic E-state index is 0.105. The summed E-state index contributed by atoms with van der Waals surface area (Å²) in [5, 5.41) is 6.87. The Morgan fingerprint density at radius 1 is 1.50 bits per heavy atom. The third-order valence-electron chi connectivity index (χ3n) is 4.05. The van der Waals surface area contributed by atoms with Crippen molar-refractivity contribution < 1.29 is 9.53 Å². The third kappa shape index (κ3) is 3.88. The number of rotatable bonds is 5. The molecule has 1 amide bonds. The van der Waals surface area contributed by atoms with Crippen molar-refractivity contribution in [2.24, 2.45) is 0 Å². The summed E-state index contributed by atoms with van der Waals surface area (Å²) in [6, 6.07) is 3.58. The number of aromatic nitrogens is 4. The van der Waals surface area contributed by atoms with E-state index >= 15 is 0 Å². The summed E-state index contributed by atoms with van der Waals surface area (Å²) in [6.07, 6.45) is 4.97. The van der Waals surface area contributed by atoms with Gasteiger partial charge in [0.1, 0.15) is 24.5 Å². The predicted molar refractivity (Wildman–Crippen MR) is 88.4 cm³/mol. The average molecular weight is 330 g/mol. The smallest absolute Gasteiger partial charge is 0.244 e. The molecule has 1 fully saturated rings. The molecule has 0 radical (unpaired) electrons. The molecule has 24 heavy (non-hydrogen) atoms. The Hall–Kier alpha value is -2.48. The lowest BCUT2D eigenvalue weighted by molar-refractivity contribution is -0.124. The van der Waals surface area contributed by atoms with Crippen molar-refractivity contribution in [2.45, 2.75) is 32.5 Å². The maximum Gasteiger partial charge on any atom is 0.244 e. The number of amides is 1. The van der Waals surface area contributed by atoms with E-state index in [1.54, 1.807) is 13.1 Å². The number of hydrogen-bond acceptors (Lipinski definition) is 6. The molecule has 0 aromatic carbocycles. The van der Waals surface area contributed by atoms with Crippen molar-refractivity contribution in [3.05, 3.63) is 36.5 Å². The molecular weight excluding hydrogens is 308 g/mol. The van der Waals surface area contributed by atoms with Gasteiger partial charge in [0.2, 0.25) is 5.91 Å². The van der Waals surface area contributed by atoms with Gasteiger partial charge >= 0.3 is 0 Å². The first-order valence-corrected chi connectivity index (χ1v) is 8.07. The van der Waals surface area contributed by atoms with Crippen LogP contribution in [-0.4, -0.2) is 51.5 Å². The Bertz CT molecular complexity index is 658. The van der Waals surface area contributed by atoms with E-state index in [0.717, 1.165) is 31.1 Å². The van der Waals surface area contributed by atoms with Crippen LogP contribution < -0.4 is 10.2 Å². The highest BCUT2D eigenvalue weighted by molar-refractivity contribution is 5.79. The van der Waals surface area contributed by atoms with Gasteiger partial charge in [-0.3, -0.25) is 4.79 Å². The molecule has 2 aromatic rings.